The summed E-state index contributed by atoms with van der Waals surface area (Å²) in [5.74, 6) is 1.74. The lowest BCUT2D eigenvalue weighted by atomic mass is 9.97. The summed E-state index contributed by atoms with van der Waals surface area (Å²) in [5.41, 5.74) is 1.64. The molecule has 0 saturated carbocycles. The first-order valence-electron chi connectivity index (χ1n) is 7.20. The van der Waals surface area contributed by atoms with Gasteiger partial charge >= 0.3 is 0 Å². The van der Waals surface area contributed by atoms with E-state index in [0.717, 1.165) is 26.2 Å². The molecule has 3 rings (SSSR count). The van der Waals surface area contributed by atoms with Crippen LogP contribution >= 0.6 is 0 Å². The molecule has 1 unspecified atom stereocenters. The van der Waals surface area contributed by atoms with Gasteiger partial charge in [0.15, 0.2) is 0 Å². The van der Waals surface area contributed by atoms with Crippen molar-refractivity contribution in [1.82, 2.24) is 9.55 Å². The zero-order chi connectivity index (χ0) is 12.2. The Kier molecular flexibility index (Phi) is 3.79. The Balaban J connectivity index is 1.62. The highest BCUT2D eigenvalue weighted by Crippen LogP contribution is 2.25. The molecule has 0 radical (unpaired) electrons. The van der Waals surface area contributed by atoms with Gasteiger partial charge in [-0.15, -0.1) is 0 Å². The molecule has 1 aromatic heterocycles. The van der Waals surface area contributed by atoms with Gasteiger partial charge in [0.2, 0.25) is 0 Å². The number of hydrogen-bond acceptors (Lipinski definition) is 2. The monoisotopic (exact) mass is 246 g/mol. The summed E-state index contributed by atoms with van der Waals surface area (Å²) in [6.45, 7) is 2.82. The van der Waals surface area contributed by atoms with Crippen LogP contribution in [-0.4, -0.2) is 22.8 Å². The van der Waals surface area contributed by atoms with E-state index in [9.17, 15) is 0 Å². The summed E-state index contributed by atoms with van der Waals surface area (Å²) in [6.07, 6.45) is 14.1. The van der Waals surface area contributed by atoms with Gasteiger partial charge < -0.3 is 9.30 Å². The van der Waals surface area contributed by atoms with Crippen LogP contribution in [0.5, 0.6) is 0 Å². The third-order valence-electron chi connectivity index (χ3n) is 4.10. The van der Waals surface area contributed by atoms with Crippen LogP contribution in [0.15, 0.2) is 24.0 Å². The van der Waals surface area contributed by atoms with Crippen molar-refractivity contribution in [2.75, 3.05) is 13.2 Å². The van der Waals surface area contributed by atoms with Gasteiger partial charge in [-0.3, -0.25) is 0 Å². The van der Waals surface area contributed by atoms with Crippen LogP contribution in [0.25, 0.3) is 0 Å². The molecular weight excluding hydrogens is 224 g/mol. The van der Waals surface area contributed by atoms with E-state index in [0.29, 0.717) is 5.92 Å². The molecule has 3 heteroatoms. The lowest BCUT2D eigenvalue weighted by Crippen LogP contribution is -2.10. The van der Waals surface area contributed by atoms with Gasteiger partial charge in [0.05, 0.1) is 6.61 Å². The van der Waals surface area contributed by atoms with Crippen molar-refractivity contribution in [3.8, 4) is 0 Å². The van der Waals surface area contributed by atoms with Crippen molar-refractivity contribution < 1.29 is 4.74 Å². The molecule has 0 amide bonds. The lowest BCUT2D eigenvalue weighted by molar-refractivity contribution is 0.192. The van der Waals surface area contributed by atoms with Gasteiger partial charge in [0.25, 0.3) is 0 Å². The summed E-state index contributed by atoms with van der Waals surface area (Å²) < 4.78 is 7.79. The quantitative estimate of drug-likeness (QED) is 0.762. The van der Waals surface area contributed by atoms with Crippen molar-refractivity contribution in [2.45, 2.75) is 51.0 Å². The zero-order valence-electron chi connectivity index (χ0n) is 11.0. The fourth-order valence-corrected chi connectivity index (χ4v) is 3.00. The zero-order valence-corrected chi connectivity index (χ0v) is 11.0. The highest BCUT2D eigenvalue weighted by molar-refractivity contribution is 5.07. The number of rotatable bonds is 4. The van der Waals surface area contributed by atoms with Gasteiger partial charge in [-0.2, -0.15) is 0 Å². The minimum absolute atomic E-state index is 0.514. The van der Waals surface area contributed by atoms with Gasteiger partial charge in [0.1, 0.15) is 5.82 Å². The van der Waals surface area contributed by atoms with E-state index in [2.05, 4.69) is 21.8 Å². The predicted octanol–water partition coefficient (Wildman–Crippen LogP) is 3.28. The molecule has 1 aromatic rings. The highest BCUT2D eigenvalue weighted by Gasteiger charge is 2.21. The maximum atomic E-state index is 5.47. The van der Waals surface area contributed by atoms with Crippen LogP contribution in [0.2, 0.25) is 0 Å². The van der Waals surface area contributed by atoms with E-state index < -0.39 is 0 Å². The van der Waals surface area contributed by atoms with Crippen LogP contribution in [0, 0.1) is 0 Å². The van der Waals surface area contributed by atoms with Crippen LogP contribution in [-0.2, 0) is 11.3 Å². The highest BCUT2D eigenvalue weighted by atomic mass is 16.5. The second-order valence-electron chi connectivity index (χ2n) is 5.40. The number of imidazole rings is 1. The average Bonchev–Trinajstić information content (AvgIpc) is 3.08. The number of aromatic nitrogens is 2. The van der Waals surface area contributed by atoms with E-state index in [1.165, 1.54) is 37.9 Å². The van der Waals surface area contributed by atoms with E-state index in [1.54, 1.807) is 5.57 Å². The second-order valence-corrected chi connectivity index (χ2v) is 5.40. The molecule has 0 N–H and O–H groups in total. The Hall–Kier alpha value is -1.09. The normalized spacial score (nSPS) is 24.2. The molecule has 18 heavy (non-hydrogen) atoms. The molecule has 3 nitrogen and oxygen atoms in total. The van der Waals surface area contributed by atoms with Crippen LogP contribution in [0.3, 0.4) is 0 Å². The summed E-state index contributed by atoms with van der Waals surface area (Å²) in [5, 5.41) is 0. The first-order valence-corrected chi connectivity index (χ1v) is 7.20. The van der Waals surface area contributed by atoms with Crippen molar-refractivity contribution in [1.29, 1.82) is 0 Å². The SMILES string of the molecule is C1=C(CCn2ccnc2C2CCOC2)CCCC1. The van der Waals surface area contributed by atoms with E-state index in [4.69, 9.17) is 4.74 Å². The first kappa shape index (κ1) is 12.0. The van der Waals surface area contributed by atoms with Crippen LogP contribution in [0.4, 0.5) is 0 Å². The lowest BCUT2D eigenvalue weighted by Gasteiger charge is -2.15. The van der Waals surface area contributed by atoms with Gasteiger partial charge in [-0.25, -0.2) is 4.98 Å². The first-order chi connectivity index (χ1) is 8.93. The Labute approximate surface area is 109 Å². The molecule has 2 aliphatic rings. The van der Waals surface area contributed by atoms with Crippen LogP contribution in [0.1, 0.15) is 50.3 Å². The molecule has 0 spiro atoms. The van der Waals surface area contributed by atoms with Crippen molar-refractivity contribution in [3.05, 3.63) is 29.9 Å². The number of allylic oxidation sites excluding steroid dienone is 2. The van der Waals surface area contributed by atoms with Gasteiger partial charge in [0, 0.05) is 31.5 Å². The largest absolute Gasteiger partial charge is 0.381 e. The average molecular weight is 246 g/mol. The third-order valence-corrected chi connectivity index (χ3v) is 4.10. The predicted molar refractivity (Wildman–Crippen MR) is 71.6 cm³/mol. The molecule has 2 heterocycles. The Morgan fingerprint density at radius 2 is 2.39 bits per heavy atom. The molecular formula is C15H22N2O. The topological polar surface area (TPSA) is 27.1 Å². The minimum atomic E-state index is 0.514. The summed E-state index contributed by atoms with van der Waals surface area (Å²) in [4.78, 5) is 4.53. The third kappa shape index (κ3) is 2.66. The Bertz CT molecular complexity index is 416. The molecule has 98 valence electrons. The maximum absolute atomic E-state index is 5.47. The van der Waals surface area contributed by atoms with Gasteiger partial charge in [-0.05, 0) is 38.5 Å². The number of aryl methyl sites for hydroxylation is 1. The standard InChI is InChI=1S/C15H22N2O/c1-2-4-13(5-3-1)6-9-17-10-8-16-15(17)14-7-11-18-12-14/h4,8,10,14H,1-3,5-7,9,11-12H2. The smallest absolute Gasteiger partial charge is 0.114 e. The molecule has 1 atom stereocenters. The maximum Gasteiger partial charge on any atom is 0.114 e. The summed E-state index contributed by atoms with van der Waals surface area (Å²) in [7, 11) is 0. The molecule has 1 fully saturated rings. The number of hydrogen-bond donors (Lipinski definition) is 0. The molecule has 1 aliphatic carbocycles. The molecule has 1 saturated heterocycles. The van der Waals surface area contributed by atoms with Crippen molar-refractivity contribution in [3.63, 3.8) is 0 Å². The van der Waals surface area contributed by atoms with Crippen LogP contribution < -0.4 is 0 Å². The van der Waals surface area contributed by atoms with E-state index in [1.807, 2.05) is 6.20 Å². The molecule has 0 bridgehead atoms. The van der Waals surface area contributed by atoms with Crippen molar-refractivity contribution >= 4 is 0 Å². The second kappa shape index (κ2) is 5.70. The molecule has 1 aliphatic heterocycles. The van der Waals surface area contributed by atoms with E-state index >= 15 is 0 Å². The van der Waals surface area contributed by atoms with Gasteiger partial charge in [-0.1, -0.05) is 11.6 Å². The molecule has 0 aromatic carbocycles. The summed E-state index contributed by atoms with van der Waals surface area (Å²) >= 11 is 0. The number of nitrogens with zero attached hydrogens (tertiary/aromatic N) is 2. The number of ether oxygens (including phenoxy) is 1. The van der Waals surface area contributed by atoms with E-state index in [-0.39, 0.29) is 0 Å². The minimum Gasteiger partial charge on any atom is -0.381 e. The Morgan fingerprint density at radius 1 is 1.39 bits per heavy atom. The fourth-order valence-electron chi connectivity index (χ4n) is 3.00. The Morgan fingerprint density at radius 3 is 3.17 bits per heavy atom. The summed E-state index contributed by atoms with van der Waals surface area (Å²) in [6, 6.07) is 0. The van der Waals surface area contributed by atoms with Crippen molar-refractivity contribution in [2.24, 2.45) is 0 Å². The fraction of sp³-hybridized carbons (Fsp3) is 0.667.